The molecular formula is C19H23N3O3. The summed E-state index contributed by atoms with van der Waals surface area (Å²) in [6.45, 7) is 1.89. The van der Waals surface area contributed by atoms with E-state index in [2.05, 4.69) is 9.55 Å². The highest BCUT2D eigenvalue weighted by atomic mass is 16.7. The zero-order valence-corrected chi connectivity index (χ0v) is 14.5. The minimum atomic E-state index is 0.219. The monoisotopic (exact) mass is 341 g/mol. The Morgan fingerprint density at radius 1 is 1.32 bits per heavy atom. The predicted octanol–water partition coefficient (Wildman–Crippen LogP) is 2.49. The molecule has 0 radical (unpaired) electrons. The number of carbonyl (C=O) groups is 1. The molecule has 6 nitrogen and oxygen atoms in total. The fourth-order valence-electron chi connectivity index (χ4n) is 3.69. The number of rotatable bonds is 4. The summed E-state index contributed by atoms with van der Waals surface area (Å²) in [6.07, 6.45) is 7.17. The molecule has 0 aliphatic carbocycles. The van der Waals surface area contributed by atoms with E-state index in [1.165, 1.54) is 0 Å². The van der Waals surface area contributed by atoms with E-state index < -0.39 is 0 Å². The van der Waals surface area contributed by atoms with Crippen LogP contribution < -0.4 is 9.47 Å². The number of piperidine rings is 1. The molecule has 1 aromatic carbocycles. The molecule has 1 aromatic heterocycles. The van der Waals surface area contributed by atoms with Gasteiger partial charge in [-0.3, -0.25) is 4.79 Å². The molecule has 0 saturated carbocycles. The van der Waals surface area contributed by atoms with Crippen LogP contribution in [0.15, 0.2) is 30.6 Å². The van der Waals surface area contributed by atoms with Gasteiger partial charge in [0, 0.05) is 44.9 Å². The quantitative estimate of drug-likeness (QED) is 0.857. The predicted molar refractivity (Wildman–Crippen MR) is 92.6 cm³/mol. The van der Waals surface area contributed by atoms with Crippen LogP contribution in [0.25, 0.3) is 0 Å². The van der Waals surface area contributed by atoms with Gasteiger partial charge in [-0.1, -0.05) is 6.07 Å². The van der Waals surface area contributed by atoms with Gasteiger partial charge in [-0.15, -0.1) is 0 Å². The number of hydrogen-bond donors (Lipinski definition) is 0. The van der Waals surface area contributed by atoms with Gasteiger partial charge in [0.05, 0.1) is 0 Å². The number of imidazole rings is 1. The summed E-state index contributed by atoms with van der Waals surface area (Å²) in [4.78, 5) is 19.1. The Labute approximate surface area is 147 Å². The molecule has 25 heavy (non-hydrogen) atoms. The molecule has 132 valence electrons. The van der Waals surface area contributed by atoms with Crippen LogP contribution in [-0.4, -0.2) is 40.2 Å². The van der Waals surface area contributed by atoms with E-state index >= 15 is 0 Å². The van der Waals surface area contributed by atoms with Crippen LogP contribution in [0.5, 0.6) is 11.5 Å². The third kappa shape index (κ3) is 3.34. The zero-order valence-electron chi connectivity index (χ0n) is 14.5. The number of aromatic nitrogens is 2. The van der Waals surface area contributed by atoms with E-state index in [0.717, 1.165) is 55.2 Å². The second-order valence-corrected chi connectivity index (χ2v) is 6.76. The first-order valence-corrected chi connectivity index (χ1v) is 8.84. The van der Waals surface area contributed by atoms with Gasteiger partial charge in [0.25, 0.3) is 0 Å². The van der Waals surface area contributed by atoms with Crippen molar-refractivity contribution >= 4 is 5.91 Å². The van der Waals surface area contributed by atoms with Gasteiger partial charge in [0.2, 0.25) is 12.7 Å². The molecule has 0 unspecified atom stereocenters. The maximum atomic E-state index is 12.6. The minimum Gasteiger partial charge on any atom is -0.454 e. The Balaban J connectivity index is 1.35. The Morgan fingerprint density at radius 3 is 3.04 bits per heavy atom. The Morgan fingerprint density at radius 2 is 2.20 bits per heavy atom. The maximum absolute atomic E-state index is 12.6. The van der Waals surface area contributed by atoms with Crippen LogP contribution in [0.1, 0.15) is 36.6 Å². The summed E-state index contributed by atoms with van der Waals surface area (Å²) in [6, 6.07) is 5.90. The van der Waals surface area contributed by atoms with E-state index in [0.29, 0.717) is 12.3 Å². The molecule has 0 bridgehead atoms. The molecule has 1 fully saturated rings. The van der Waals surface area contributed by atoms with Crippen molar-refractivity contribution in [3.05, 3.63) is 42.0 Å². The third-order valence-electron chi connectivity index (χ3n) is 5.06. The van der Waals surface area contributed by atoms with E-state index in [9.17, 15) is 4.79 Å². The molecule has 3 heterocycles. The van der Waals surface area contributed by atoms with Gasteiger partial charge in [0.15, 0.2) is 11.5 Å². The smallest absolute Gasteiger partial charge is 0.231 e. The lowest BCUT2D eigenvalue weighted by Gasteiger charge is -2.32. The second kappa shape index (κ2) is 6.78. The van der Waals surface area contributed by atoms with E-state index in [4.69, 9.17) is 9.47 Å². The van der Waals surface area contributed by atoms with Crippen LogP contribution >= 0.6 is 0 Å². The Bertz CT molecular complexity index is 771. The number of benzene rings is 1. The molecule has 1 amide bonds. The summed E-state index contributed by atoms with van der Waals surface area (Å²) >= 11 is 0. The molecule has 1 saturated heterocycles. The van der Waals surface area contributed by atoms with Gasteiger partial charge in [-0.25, -0.2) is 4.98 Å². The Kier molecular flexibility index (Phi) is 4.34. The molecule has 6 heteroatoms. The van der Waals surface area contributed by atoms with Crippen molar-refractivity contribution < 1.29 is 14.3 Å². The average molecular weight is 341 g/mol. The molecule has 2 aliphatic heterocycles. The van der Waals surface area contributed by atoms with Gasteiger partial charge in [0.1, 0.15) is 5.82 Å². The van der Waals surface area contributed by atoms with Gasteiger partial charge in [-0.05, 0) is 37.0 Å². The molecule has 1 atom stereocenters. The topological polar surface area (TPSA) is 56.6 Å². The van der Waals surface area contributed by atoms with Crippen molar-refractivity contribution in [1.82, 2.24) is 14.5 Å². The fourth-order valence-corrected chi connectivity index (χ4v) is 3.69. The number of hydrogen-bond acceptors (Lipinski definition) is 4. The zero-order chi connectivity index (χ0) is 17.2. The summed E-state index contributed by atoms with van der Waals surface area (Å²) in [5.41, 5.74) is 1.11. The van der Waals surface area contributed by atoms with Crippen molar-refractivity contribution in [2.75, 3.05) is 19.9 Å². The molecule has 2 aliphatic rings. The molecular weight excluding hydrogens is 318 g/mol. The fraction of sp³-hybridized carbons (Fsp3) is 0.474. The van der Waals surface area contributed by atoms with Crippen LogP contribution in [0.3, 0.4) is 0 Å². The number of nitrogens with zero attached hydrogens (tertiary/aromatic N) is 3. The number of ether oxygens (including phenoxy) is 2. The number of likely N-dealkylation sites (tertiary alicyclic amines) is 1. The Hall–Kier alpha value is -2.50. The van der Waals surface area contributed by atoms with E-state index in [1.54, 1.807) is 0 Å². The van der Waals surface area contributed by atoms with Crippen LogP contribution in [0, 0.1) is 0 Å². The van der Waals surface area contributed by atoms with Gasteiger partial charge < -0.3 is 18.9 Å². The molecule has 0 spiro atoms. The lowest BCUT2D eigenvalue weighted by Crippen LogP contribution is -2.39. The second-order valence-electron chi connectivity index (χ2n) is 6.76. The number of aryl methyl sites for hydroxylation is 2. The lowest BCUT2D eigenvalue weighted by molar-refractivity contribution is -0.132. The summed E-state index contributed by atoms with van der Waals surface area (Å²) in [7, 11) is 2.02. The van der Waals surface area contributed by atoms with Crippen molar-refractivity contribution in [2.45, 2.75) is 31.6 Å². The summed E-state index contributed by atoms with van der Waals surface area (Å²) < 4.78 is 12.8. The average Bonchev–Trinajstić information content (AvgIpc) is 3.27. The maximum Gasteiger partial charge on any atom is 0.231 e. The van der Waals surface area contributed by atoms with Crippen molar-refractivity contribution in [2.24, 2.45) is 7.05 Å². The summed E-state index contributed by atoms with van der Waals surface area (Å²) in [5.74, 6) is 3.19. The first-order chi connectivity index (χ1) is 12.2. The molecule has 2 aromatic rings. The first-order valence-electron chi connectivity index (χ1n) is 8.84. The normalized spacial score (nSPS) is 19.2. The van der Waals surface area contributed by atoms with Crippen LogP contribution in [0.4, 0.5) is 0 Å². The highest BCUT2D eigenvalue weighted by Crippen LogP contribution is 2.33. The standard InChI is InChI=1S/C19H23N3O3/c1-21-10-8-20-19(21)15-3-2-9-22(12-15)18(23)7-5-14-4-6-16-17(11-14)25-13-24-16/h4,6,8,10-11,15H,2-3,5,7,9,12-13H2,1H3/t15-/m1/s1. The van der Waals surface area contributed by atoms with E-state index in [-0.39, 0.29) is 12.7 Å². The number of carbonyl (C=O) groups excluding carboxylic acids is 1. The SMILES string of the molecule is Cn1ccnc1[C@@H]1CCCN(C(=O)CCc2ccc3c(c2)OCO3)C1. The highest BCUT2D eigenvalue weighted by Gasteiger charge is 2.26. The summed E-state index contributed by atoms with van der Waals surface area (Å²) in [5, 5.41) is 0. The number of fused-ring (bicyclic) bond motifs is 1. The van der Waals surface area contributed by atoms with Crippen molar-refractivity contribution in [3.8, 4) is 11.5 Å². The largest absolute Gasteiger partial charge is 0.454 e. The van der Waals surface area contributed by atoms with Crippen LogP contribution in [-0.2, 0) is 18.3 Å². The minimum absolute atomic E-state index is 0.219. The van der Waals surface area contributed by atoms with Gasteiger partial charge in [-0.2, -0.15) is 0 Å². The van der Waals surface area contributed by atoms with Crippen molar-refractivity contribution in [1.29, 1.82) is 0 Å². The van der Waals surface area contributed by atoms with E-state index in [1.807, 2.05) is 42.5 Å². The first kappa shape index (κ1) is 16.0. The third-order valence-corrected chi connectivity index (χ3v) is 5.06. The highest BCUT2D eigenvalue weighted by molar-refractivity contribution is 5.76. The van der Waals surface area contributed by atoms with Gasteiger partial charge >= 0.3 is 0 Å². The van der Waals surface area contributed by atoms with Crippen LogP contribution in [0.2, 0.25) is 0 Å². The number of amides is 1. The molecule has 0 N–H and O–H groups in total. The van der Waals surface area contributed by atoms with Crippen molar-refractivity contribution in [3.63, 3.8) is 0 Å². The lowest BCUT2D eigenvalue weighted by atomic mass is 9.96. The molecule has 4 rings (SSSR count).